The molecule has 7 nitrogen and oxygen atoms in total. The third kappa shape index (κ3) is 4.13. The van der Waals surface area contributed by atoms with Gasteiger partial charge in [0.25, 0.3) is 0 Å². The van der Waals surface area contributed by atoms with Gasteiger partial charge in [0.05, 0.1) is 29.5 Å². The molecule has 1 aromatic heterocycles. The van der Waals surface area contributed by atoms with Crippen LogP contribution in [0.4, 0.5) is 5.82 Å². The topological polar surface area (TPSA) is 89.7 Å². The predicted molar refractivity (Wildman–Crippen MR) is 125 cm³/mol. The lowest BCUT2D eigenvalue weighted by atomic mass is 9.87. The first-order valence-electron chi connectivity index (χ1n) is 12.5. The van der Waals surface area contributed by atoms with Crippen molar-refractivity contribution in [2.45, 2.75) is 77.5 Å². The maximum Gasteiger partial charge on any atom is 0.226 e. The Balaban J connectivity index is 1.48. The number of carbonyl (C=O) groups is 1. The minimum Gasteiger partial charge on any atom is -0.396 e. The van der Waals surface area contributed by atoms with E-state index >= 15 is 0 Å². The van der Waals surface area contributed by atoms with E-state index in [0.29, 0.717) is 43.6 Å². The number of piperazine rings is 1. The minimum atomic E-state index is -0.295. The first-order valence-corrected chi connectivity index (χ1v) is 12.5. The zero-order valence-electron chi connectivity index (χ0n) is 20.3. The van der Waals surface area contributed by atoms with Gasteiger partial charge in [0.15, 0.2) is 0 Å². The van der Waals surface area contributed by atoms with Crippen LogP contribution >= 0.6 is 0 Å². The number of amides is 1. The van der Waals surface area contributed by atoms with Crippen LogP contribution in [0.15, 0.2) is 0 Å². The molecule has 1 N–H and O–H groups in total. The van der Waals surface area contributed by atoms with Crippen LogP contribution in [0.3, 0.4) is 0 Å². The quantitative estimate of drug-likeness (QED) is 0.739. The molecule has 1 aromatic rings. The molecule has 4 aliphatic rings. The van der Waals surface area contributed by atoms with E-state index in [-0.39, 0.29) is 36.0 Å². The Morgan fingerprint density at radius 1 is 1.30 bits per heavy atom. The Morgan fingerprint density at radius 2 is 2.06 bits per heavy atom. The molecule has 7 heteroatoms. The third-order valence-electron chi connectivity index (χ3n) is 7.96. The summed E-state index contributed by atoms with van der Waals surface area (Å²) >= 11 is 0. The van der Waals surface area contributed by atoms with Crippen LogP contribution in [0.1, 0.15) is 75.3 Å². The highest BCUT2D eigenvalue weighted by Gasteiger charge is 2.47. The van der Waals surface area contributed by atoms with Gasteiger partial charge in [-0.15, -0.1) is 0 Å². The van der Waals surface area contributed by atoms with E-state index in [2.05, 4.69) is 38.7 Å². The number of hydrogen-bond acceptors (Lipinski definition) is 6. The number of hydrogen-bond donors (Lipinski definition) is 1. The molecule has 3 fully saturated rings. The Morgan fingerprint density at radius 3 is 2.67 bits per heavy atom. The average molecular weight is 453 g/mol. The second-order valence-electron chi connectivity index (χ2n) is 11.3. The maximum atomic E-state index is 13.1. The molecule has 0 aromatic carbocycles. The molecular weight excluding hydrogens is 416 g/mol. The van der Waals surface area contributed by atoms with Gasteiger partial charge in [-0.05, 0) is 50.5 Å². The summed E-state index contributed by atoms with van der Waals surface area (Å²) in [6, 6.07) is 2.57. The summed E-state index contributed by atoms with van der Waals surface area (Å²) in [4.78, 5) is 22.5. The summed E-state index contributed by atoms with van der Waals surface area (Å²) in [5.41, 5.74) is 3.77. The lowest BCUT2D eigenvalue weighted by Crippen LogP contribution is -2.58. The van der Waals surface area contributed by atoms with Crippen molar-refractivity contribution in [1.82, 2.24) is 9.88 Å². The molecule has 1 saturated heterocycles. The van der Waals surface area contributed by atoms with Crippen molar-refractivity contribution >= 4 is 11.7 Å². The lowest BCUT2D eigenvalue weighted by Gasteiger charge is -2.45. The molecule has 3 heterocycles. The fraction of sp³-hybridized carbons (Fsp3) is 0.731. The number of anilines is 1. The van der Waals surface area contributed by atoms with Crippen molar-refractivity contribution in [3.05, 3.63) is 22.4 Å². The van der Waals surface area contributed by atoms with Gasteiger partial charge in [0.2, 0.25) is 5.91 Å². The molecular formula is C26H36N4O3. The molecule has 33 heavy (non-hydrogen) atoms. The minimum absolute atomic E-state index is 0.0250. The van der Waals surface area contributed by atoms with Crippen LogP contribution in [0.25, 0.3) is 0 Å². The number of aromatic nitrogens is 1. The predicted octanol–water partition coefficient (Wildman–Crippen LogP) is 2.98. The van der Waals surface area contributed by atoms with Crippen LogP contribution in [-0.4, -0.2) is 58.8 Å². The average Bonchev–Trinajstić information content (AvgIpc) is 3.70. The number of pyridine rings is 1. The monoisotopic (exact) mass is 452 g/mol. The lowest BCUT2D eigenvalue weighted by molar-refractivity contribution is -0.136. The van der Waals surface area contributed by atoms with E-state index < -0.39 is 0 Å². The van der Waals surface area contributed by atoms with Crippen LogP contribution in [0.5, 0.6) is 0 Å². The Bertz CT molecular complexity index is 994. The van der Waals surface area contributed by atoms with Crippen LogP contribution in [0.2, 0.25) is 0 Å². The van der Waals surface area contributed by atoms with Crippen molar-refractivity contribution in [2.75, 3.05) is 31.1 Å². The van der Waals surface area contributed by atoms with E-state index in [4.69, 9.17) is 9.72 Å². The SMILES string of the molecule is CC(C)[C@@H]1CN(c2nc(C3CC3)c3c(c2C#N)CC(C)(C)OC3)CCN1C(=O)[C@@H]1C[C@H]1CO. The van der Waals surface area contributed by atoms with Gasteiger partial charge in [-0.2, -0.15) is 5.26 Å². The summed E-state index contributed by atoms with van der Waals surface area (Å²) in [5.74, 6) is 1.85. The molecule has 178 valence electrons. The van der Waals surface area contributed by atoms with Crippen molar-refractivity contribution in [3.63, 3.8) is 0 Å². The number of rotatable bonds is 5. The van der Waals surface area contributed by atoms with E-state index in [9.17, 15) is 15.2 Å². The number of nitrogens with zero attached hydrogens (tertiary/aromatic N) is 4. The number of fused-ring (bicyclic) bond motifs is 1. The number of ether oxygens (including phenoxy) is 1. The van der Waals surface area contributed by atoms with E-state index in [0.717, 1.165) is 48.3 Å². The van der Waals surface area contributed by atoms with Crippen LogP contribution in [-0.2, 0) is 22.6 Å². The summed E-state index contributed by atoms with van der Waals surface area (Å²) in [6.45, 7) is 11.1. The highest BCUT2D eigenvalue weighted by atomic mass is 16.5. The zero-order valence-corrected chi connectivity index (χ0v) is 20.3. The smallest absolute Gasteiger partial charge is 0.226 e. The highest BCUT2D eigenvalue weighted by Crippen LogP contribution is 2.46. The highest BCUT2D eigenvalue weighted by molar-refractivity contribution is 5.82. The number of aliphatic hydroxyl groups is 1. The van der Waals surface area contributed by atoms with Crippen LogP contribution in [0, 0.1) is 29.1 Å². The van der Waals surface area contributed by atoms with Gasteiger partial charge in [0, 0.05) is 50.1 Å². The molecule has 2 aliphatic carbocycles. The summed E-state index contributed by atoms with van der Waals surface area (Å²) in [7, 11) is 0. The fourth-order valence-corrected chi connectivity index (χ4v) is 5.63. The molecule has 3 atom stereocenters. The molecule has 1 amide bonds. The van der Waals surface area contributed by atoms with Crippen molar-refractivity contribution in [2.24, 2.45) is 17.8 Å². The Labute approximate surface area is 196 Å². The molecule has 2 aliphatic heterocycles. The molecule has 0 unspecified atom stereocenters. The molecule has 0 bridgehead atoms. The van der Waals surface area contributed by atoms with E-state index in [1.54, 1.807) is 0 Å². The Kier molecular flexibility index (Phi) is 5.65. The normalized spacial score (nSPS) is 28.5. The van der Waals surface area contributed by atoms with Crippen molar-refractivity contribution in [3.8, 4) is 6.07 Å². The second-order valence-corrected chi connectivity index (χ2v) is 11.3. The van der Waals surface area contributed by atoms with Gasteiger partial charge in [0.1, 0.15) is 11.9 Å². The standard InChI is InChI=1S/C26H36N4O3/c1-15(2)22-12-29(7-8-30(22)25(32)18-9-17(18)13-31)24-20(11-27)19-10-26(3,4)33-14-21(19)23(28-24)16-5-6-16/h15-18,22,31H,5-10,12-14H2,1-4H3/t17-,18+,22-/m0/s1. The molecule has 0 radical (unpaired) electrons. The van der Waals surface area contributed by atoms with Gasteiger partial charge >= 0.3 is 0 Å². The largest absolute Gasteiger partial charge is 0.396 e. The van der Waals surface area contributed by atoms with Crippen molar-refractivity contribution in [1.29, 1.82) is 5.26 Å². The fourth-order valence-electron chi connectivity index (χ4n) is 5.63. The molecule has 5 rings (SSSR count). The van der Waals surface area contributed by atoms with Gasteiger partial charge in [-0.3, -0.25) is 4.79 Å². The molecule has 0 spiro atoms. The van der Waals surface area contributed by atoms with Gasteiger partial charge < -0.3 is 19.6 Å². The van der Waals surface area contributed by atoms with Crippen LogP contribution < -0.4 is 4.90 Å². The van der Waals surface area contributed by atoms with Gasteiger partial charge in [-0.1, -0.05) is 13.8 Å². The number of nitriles is 1. The second kappa shape index (κ2) is 8.25. The molecule has 2 saturated carbocycles. The third-order valence-corrected chi connectivity index (χ3v) is 7.96. The Hall–Kier alpha value is -2.17. The van der Waals surface area contributed by atoms with E-state index in [1.165, 1.54) is 0 Å². The van der Waals surface area contributed by atoms with Gasteiger partial charge in [-0.25, -0.2) is 4.98 Å². The maximum absolute atomic E-state index is 13.1. The first kappa shape index (κ1) is 22.6. The zero-order chi connectivity index (χ0) is 23.5. The number of aliphatic hydroxyl groups excluding tert-OH is 1. The van der Waals surface area contributed by atoms with Crippen molar-refractivity contribution < 1.29 is 14.6 Å². The number of carbonyl (C=O) groups excluding carboxylic acids is 1. The first-order chi connectivity index (χ1) is 15.7. The summed E-state index contributed by atoms with van der Waals surface area (Å²) in [6.07, 6.45) is 3.82. The summed E-state index contributed by atoms with van der Waals surface area (Å²) < 4.78 is 6.11. The summed E-state index contributed by atoms with van der Waals surface area (Å²) in [5, 5.41) is 19.7. The van der Waals surface area contributed by atoms with E-state index in [1.807, 2.05) is 4.90 Å².